The predicted molar refractivity (Wildman–Crippen MR) is 62.0 cm³/mol. The van der Waals surface area contributed by atoms with Crippen LogP contribution < -0.4 is 0 Å². The number of hydrogen-bond acceptors (Lipinski definition) is 3. The Morgan fingerprint density at radius 2 is 1.93 bits per heavy atom. The number of hydrogen-bond donors (Lipinski definition) is 1. The molecule has 4 heteroatoms. The fourth-order valence-corrected chi connectivity index (χ4v) is 2.10. The standard InChI is InChI=1S/C10H21NO2S/c1-3-11(4-2)7-9-14-8-5-6-10(12)13/h3-9H2,1-2H3,(H,12,13). The van der Waals surface area contributed by atoms with Gasteiger partial charge in [-0.15, -0.1) is 0 Å². The second kappa shape index (κ2) is 9.34. The Hall–Kier alpha value is -0.220. The monoisotopic (exact) mass is 219 g/mol. The van der Waals surface area contributed by atoms with Crippen LogP contribution in [0.3, 0.4) is 0 Å². The first-order valence-electron chi connectivity index (χ1n) is 5.22. The van der Waals surface area contributed by atoms with E-state index in [2.05, 4.69) is 18.7 Å². The van der Waals surface area contributed by atoms with Crippen molar-refractivity contribution in [1.82, 2.24) is 4.90 Å². The van der Waals surface area contributed by atoms with Crippen LogP contribution in [0.2, 0.25) is 0 Å². The van der Waals surface area contributed by atoms with Crippen LogP contribution in [-0.2, 0) is 4.79 Å². The summed E-state index contributed by atoms with van der Waals surface area (Å²) < 4.78 is 0. The number of carbonyl (C=O) groups is 1. The van der Waals surface area contributed by atoms with Crippen molar-refractivity contribution in [3.63, 3.8) is 0 Å². The summed E-state index contributed by atoms with van der Waals surface area (Å²) >= 11 is 1.85. The normalized spacial score (nSPS) is 10.8. The first kappa shape index (κ1) is 13.8. The SMILES string of the molecule is CCN(CC)CCSCCCC(=O)O. The van der Waals surface area contributed by atoms with E-state index in [4.69, 9.17) is 5.11 Å². The molecule has 0 bridgehead atoms. The van der Waals surface area contributed by atoms with E-state index in [-0.39, 0.29) is 0 Å². The van der Waals surface area contributed by atoms with Gasteiger partial charge < -0.3 is 10.0 Å². The van der Waals surface area contributed by atoms with Crippen molar-refractivity contribution < 1.29 is 9.90 Å². The summed E-state index contributed by atoms with van der Waals surface area (Å²) in [7, 11) is 0. The van der Waals surface area contributed by atoms with Gasteiger partial charge in [0.25, 0.3) is 0 Å². The molecule has 0 aliphatic rings. The van der Waals surface area contributed by atoms with Gasteiger partial charge in [0.1, 0.15) is 0 Å². The zero-order chi connectivity index (χ0) is 10.8. The van der Waals surface area contributed by atoms with Gasteiger partial charge in [0.05, 0.1) is 0 Å². The summed E-state index contributed by atoms with van der Waals surface area (Å²) in [5, 5.41) is 8.42. The second-order valence-electron chi connectivity index (χ2n) is 3.14. The van der Waals surface area contributed by atoms with Crippen molar-refractivity contribution in [3.8, 4) is 0 Å². The number of aliphatic carboxylic acids is 1. The molecule has 0 fully saturated rings. The number of thioether (sulfide) groups is 1. The van der Waals surface area contributed by atoms with E-state index < -0.39 is 5.97 Å². The molecule has 14 heavy (non-hydrogen) atoms. The average Bonchev–Trinajstić information content (AvgIpc) is 2.16. The second-order valence-corrected chi connectivity index (χ2v) is 4.36. The maximum Gasteiger partial charge on any atom is 0.303 e. The van der Waals surface area contributed by atoms with Crippen LogP contribution in [0.5, 0.6) is 0 Å². The number of rotatable bonds is 9. The molecule has 0 amide bonds. The first-order chi connectivity index (χ1) is 6.70. The summed E-state index contributed by atoms with van der Waals surface area (Å²) in [6.45, 7) is 7.65. The van der Waals surface area contributed by atoms with E-state index >= 15 is 0 Å². The number of carboxylic acid groups (broad SMARTS) is 1. The largest absolute Gasteiger partial charge is 0.481 e. The Kier molecular flexibility index (Phi) is 9.19. The minimum atomic E-state index is -0.686. The molecule has 0 aromatic rings. The summed E-state index contributed by atoms with van der Waals surface area (Å²) in [6, 6.07) is 0. The molecule has 0 radical (unpaired) electrons. The van der Waals surface area contributed by atoms with Gasteiger partial charge in [0, 0.05) is 18.7 Å². The Morgan fingerprint density at radius 1 is 1.29 bits per heavy atom. The topological polar surface area (TPSA) is 40.5 Å². The third-order valence-electron chi connectivity index (χ3n) is 2.13. The Labute approximate surface area is 90.9 Å². The maximum absolute atomic E-state index is 10.2. The first-order valence-corrected chi connectivity index (χ1v) is 6.38. The summed E-state index contributed by atoms with van der Waals surface area (Å²) in [5.41, 5.74) is 0. The molecule has 0 heterocycles. The molecule has 84 valence electrons. The van der Waals surface area contributed by atoms with Crippen LogP contribution in [-0.4, -0.2) is 47.1 Å². The molecular formula is C10H21NO2S. The van der Waals surface area contributed by atoms with Crippen LogP contribution >= 0.6 is 11.8 Å². The van der Waals surface area contributed by atoms with Gasteiger partial charge in [-0.1, -0.05) is 13.8 Å². The Bertz CT molecular complexity index is 149. The van der Waals surface area contributed by atoms with E-state index in [0.29, 0.717) is 6.42 Å². The average molecular weight is 219 g/mol. The highest BCUT2D eigenvalue weighted by Crippen LogP contribution is 2.05. The van der Waals surface area contributed by atoms with Crippen LogP contribution in [0.15, 0.2) is 0 Å². The van der Waals surface area contributed by atoms with Crippen molar-refractivity contribution >= 4 is 17.7 Å². The third kappa shape index (κ3) is 8.38. The molecule has 0 aliphatic carbocycles. The van der Waals surface area contributed by atoms with Gasteiger partial charge in [-0.05, 0) is 25.3 Å². The summed E-state index contributed by atoms with van der Waals surface area (Å²) in [5.74, 6) is 1.39. The van der Waals surface area contributed by atoms with Gasteiger partial charge in [0.2, 0.25) is 0 Å². The predicted octanol–water partition coefficient (Wildman–Crippen LogP) is 1.93. The fraction of sp³-hybridized carbons (Fsp3) is 0.900. The molecule has 0 rings (SSSR count). The molecule has 0 spiro atoms. The zero-order valence-electron chi connectivity index (χ0n) is 9.16. The minimum Gasteiger partial charge on any atom is -0.481 e. The third-order valence-corrected chi connectivity index (χ3v) is 3.17. The van der Waals surface area contributed by atoms with E-state index in [0.717, 1.165) is 37.6 Å². The lowest BCUT2D eigenvalue weighted by Gasteiger charge is -2.17. The van der Waals surface area contributed by atoms with Gasteiger partial charge in [-0.25, -0.2) is 0 Å². The quantitative estimate of drug-likeness (QED) is 0.602. The summed E-state index contributed by atoms with van der Waals surface area (Å²) in [4.78, 5) is 12.6. The molecule has 0 aromatic heterocycles. The highest BCUT2D eigenvalue weighted by molar-refractivity contribution is 7.99. The van der Waals surface area contributed by atoms with E-state index in [9.17, 15) is 4.79 Å². The minimum absolute atomic E-state index is 0.304. The fourth-order valence-electron chi connectivity index (χ4n) is 1.16. The van der Waals surface area contributed by atoms with Crippen molar-refractivity contribution in [2.45, 2.75) is 26.7 Å². The summed E-state index contributed by atoms with van der Waals surface area (Å²) in [6.07, 6.45) is 1.09. The molecule has 0 aromatic carbocycles. The van der Waals surface area contributed by atoms with Crippen LogP contribution in [0, 0.1) is 0 Å². The maximum atomic E-state index is 10.2. The van der Waals surface area contributed by atoms with E-state index in [1.165, 1.54) is 0 Å². The lowest BCUT2D eigenvalue weighted by Crippen LogP contribution is -2.25. The van der Waals surface area contributed by atoms with Crippen LogP contribution in [0.25, 0.3) is 0 Å². The molecular weight excluding hydrogens is 198 g/mol. The molecule has 0 aliphatic heterocycles. The number of carboxylic acids is 1. The van der Waals surface area contributed by atoms with Gasteiger partial charge in [0.15, 0.2) is 0 Å². The zero-order valence-corrected chi connectivity index (χ0v) is 9.98. The highest BCUT2D eigenvalue weighted by atomic mass is 32.2. The molecule has 0 saturated carbocycles. The lowest BCUT2D eigenvalue weighted by atomic mass is 10.3. The molecule has 3 nitrogen and oxygen atoms in total. The Balaban J connectivity index is 3.16. The van der Waals surface area contributed by atoms with Crippen molar-refractivity contribution in [2.24, 2.45) is 0 Å². The Morgan fingerprint density at radius 3 is 2.43 bits per heavy atom. The molecule has 1 N–H and O–H groups in total. The number of nitrogens with zero attached hydrogens (tertiary/aromatic N) is 1. The van der Waals surface area contributed by atoms with Crippen molar-refractivity contribution in [2.75, 3.05) is 31.1 Å². The van der Waals surface area contributed by atoms with E-state index in [1.54, 1.807) is 0 Å². The van der Waals surface area contributed by atoms with Crippen molar-refractivity contribution in [1.29, 1.82) is 0 Å². The lowest BCUT2D eigenvalue weighted by molar-refractivity contribution is -0.137. The van der Waals surface area contributed by atoms with Gasteiger partial charge in [-0.2, -0.15) is 11.8 Å². The molecule has 0 unspecified atom stereocenters. The van der Waals surface area contributed by atoms with Gasteiger partial charge >= 0.3 is 5.97 Å². The van der Waals surface area contributed by atoms with Crippen LogP contribution in [0.4, 0.5) is 0 Å². The molecule has 0 saturated heterocycles. The van der Waals surface area contributed by atoms with Crippen molar-refractivity contribution in [3.05, 3.63) is 0 Å². The van der Waals surface area contributed by atoms with Crippen LogP contribution in [0.1, 0.15) is 26.7 Å². The highest BCUT2D eigenvalue weighted by Gasteiger charge is 1.99. The molecule has 0 atom stereocenters. The van der Waals surface area contributed by atoms with Gasteiger partial charge in [-0.3, -0.25) is 4.79 Å². The smallest absolute Gasteiger partial charge is 0.303 e. The van der Waals surface area contributed by atoms with E-state index in [1.807, 2.05) is 11.8 Å².